The van der Waals surface area contributed by atoms with Crippen LogP contribution in [0.5, 0.6) is 0 Å². The van der Waals surface area contributed by atoms with Gasteiger partial charge in [-0.3, -0.25) is 4.57 Å². The van der Waals surface area contributed by atoms with E-state index < -0.39 is 7.60 Å². The van der Waals surface area contributed by atoms with Gasteiger partial charge in [0.1, 0.15) is 0 Å². The monoisotopic (exact) mass is 150 g/mol. The van der Waals surface area contributed by atoms with E-state index in [1.165, 1.54) is 6.66 Å². The van der Waals surface area contributed by atoms with Gasteiger partial charge in [-0.25, -0.2) is 0 Å². The molecule has 1 rings (SSSR count). The van der Waals surface area contributed by atoms with Gasteiger partial charge >= 0.3 is 7.60 Å². The normalized spacial score (nSPS) is 51.9. The van der Waals surface area contributed by atoms with Crippen LogP contribution in [-0.4, -0.2) is 18.9 Å². The molecule has 0 saturated carbocycles. The van der Waals surface area contributed by atoms with E-state index in [1.807, 2.05) is 13.8 Å². The fourth-order valence-electron chi connectivity index (χ4n) is 0.800. The van der Waals surface area contributed by atoms with Crippen LogP contribution in [0.15, 0.2) is 0 Å². The lowest BCUT2D eigenvalue weighted by molar-refractivity contribution is 0.187. The lowest BCUT2D eigenvalue weighted by atomic mass is 10.3. The minimum atomic E-state index is -2.66. The molecule has 3 nitrogen and oxygen atoms in total. The minimum absolute atomic E-state index is 0.0270. The van der Waals surface area contributed by atoms with Crippen molar-refractivity contribution in [2.45, 2.75) is 26.1 Å². The molecule has 54 valence electrons. The molecule has 1 saturated heterocycles. The van der Waals surface area contributed by atoms with Gasteiger partial charge in [0.2, 0.25) is 0 Å². The summed E-state index contributed by atoms with van der Waals surface area (Å²) in [5, 5.41) is 0. The molecule has 9 heavy (non-hydrogen) atoms. The van der Waals surface area contributed by atoms with Crippen molar-refractivity contribution in [1.82, 2.24) is 0 Å². The van der Waals surface area contributed by atoms with Crippen LogP contribution in [0.2, 0.25) is 0 Å². The summed E-state index contributed by atoms with van der Waals surface area (Å²) < 4.78 is 21.0. The lowest BCUT2D eigenvalue weighted by Crippen LogP contribution is -2.13. The highest BCUT2D eigenvalue weighted by Gasteiger charge is 2.35. The molecule has 1 aliphatic heterocycles. The van der Waals surface area contributed by atoms with Crippen molar-refractivity contribution >= 4 is 7.60 Å². The first-order valence-electron chi connectivity index (χ1n) is 2.95. The summed E-state index contributed by atoms with van der Waals surface area (Å²) >= 11 is 0. The summed E-state index contributed by atoms with van der Waals surface area (Å²) in [5.41, 5.74) is 0. The third-order valence-electron chi connectivity index (χ3n) is 1.38. The summed E-state index contributed by atoms with van der Waals surface area (Å²) in [4.78, 5) is 0. The molecule has 0 aromatic heterocycles. The van der Waals surface area contributed by atoms with Crippen molar-refractivity contribution < 1.29 is 13.6 Å². The Balaban J connectivity index is 2.65. The maximum absolute atomic E-state index is 11.0. The van der Waals surface area contributed by atoms with Crippen LogP contribution < -0.4 is 0 Å². The summed E-state index contributed by atoms with van der Waals surface area (Å²) in [6, 6.07) is 0. The van der Waals surface area contributed by atoms with Crippen LogP contribution in [0, 0.1) is 0 Å². The van der Waals surface area contributed by atoms with Crippen molar-refractivity contribution in [3.05, 3.63) is 0 Å². The van der Waals surface area contributed by atoms with E-state index in [2.05, 4.69) is 0 Å². The topological polar surface area (TPSA) is 35.5 Å². The van der Waals surface area contributed by atoms with Crippen molar-refractivity contribution in [2.75, 3.05) is 6.66 Å². The van der Waals surface area contributed by atoms with E-state index in [4.69, 9.17) is 9.05 Å². The van der Waals surface area contributed by atoms with Crippen LogP contribution in [0.3, 0.4) is 0 Å². The van der Waals surface area contributed by atoms with Gasteiger partial charge < -0.3 is 9.05 Å². The van der Waals surface area contributed by atoms with E-state index in [1.54, 1.807) is 0 Å². The Morgan fingerprint density at radius 3 is 1.67 bits per heavy atom. The Morgan fingerprint density at radius 1 is 1.22 bits per heavy atom. The zero-order valence-corrected chi connectivity index (χ0v) is 6.72. The van der Waals surface area contributed by atoms with Crippen LogP contribution >= 0.6 is 7.60 Å². The van der Waals surface area contributed by atoms with E-state index >= 15 is 0 Å². The zero-order chi connectivity index (χ0) is 7.07. The molecule has 1 fully saturated rings. The highest BCUT2D eigenvalue weighted by Crippen LogP contribution is 2.52. The minimum Gasteiger partial charge on any atom is -0.303 e. The standard InChI is InChI=1S/C5H11O3P/c1-4-5(2)8-9(3,6)7-4/h4-5H,1-3H3. The Hall–Kier alpha value is 0.150. The third kappa shape index (κ3) is 1.54. The summed E-state index contributed by atoms with van der Waals surface area (Å²) in [5.74, 6) is 0. The first-order chi connectivity index (χ1) is 4.01. The molecule has 0 bridgehead atoms. The van der Waals surface area contributed by atoms with Gasteiger partial charge in [0.25, 0.3) is 0 Å². The summed E-state index contributed by atoms with van der Waals surface area (Å²) in [6.07, 6.45) is -0.0540. The molecular weight excluding hydrogens is 139 g/mol. The van der Waals surface area contributed by atoms with Gasteiger partial charge in [-0.15, -0.1) is 0 Å². The van der Waals surface area contributed by atoms with Crippen LogP contribution in [0.1, 0.15) is 13.8 Å². The first-order valence-corrected chi connectivity index (χ1v) is 4.94. The van der Waals surface area contributed by atoms with Crippen LogP contribution in [-0.2, 0) is 13.6 Å². The molecule has 2 atom stereocenters. The van der Waals surface area contributed by atoms with Crippen molar-refractivity contribution in [2.24, 2.45) is 0 Å². The maximum atomic E-state index is 11.0. The molecule has 1 heterocycles. The second-order valence-corrected chi connectivity index (χ2v) is 4.36. The van der Waals surface area contributed by atoms with E-state index in [-0.39, 0.29) is 12.2 Å². The van der Waals surface area contributed by atoms with Gasteiger partial charge in [0, 0.05) is 6.66 Å². The van der Waals surface area contributed by atoms with E-state index in [0.717, 1.165) is 0 Å². The third-order valence-corrected chi connectivity index (χ3v) is 2.81. The second-order valence-electron chi connectivity index (χ2n) is 2.39. The summed E-state index contributed by atoms with van der Waals surface area (Å²) in [6.45, 7) is 5.20. The Morgan fingerprint density at radius 2 is 1.56 bits per heavy atom. The molecular formula is C5H11O3P. The van der Waals surface area contributed by atoms with Crippen molar-refractivity contribution in [1.29, 1.82) is 0 Å². The SMILES string of the molecule is CC1OP(C)(=O)OC1C. The molecule has 1 aliphatic rings. The van der Waals surface area contributed by atoms with Crippen molar-refractivity contribution in [3.63, 3.8) is 0 Å². The Kier molecular flexibility index (Phi) is 1.68. The largest absolute Gasteiger partial charge is 0.328 e. The van der Waals surface area contributed by atoms with E-state index in [0.29, 0.717) is 0 Å². The quantitative estimate of drug-likeness (QED) is 0.492. The molecule has 2 unspecified atom stereocenters. The molecule has 0 radical (unpaired) electrons. The van der Waals surface area contributed by atoms with Gasteiger partial charge in [-0.05, 0) is 13.8 Å². The maximum Gasteiger partial charge on any atom is 0.328 e. The smallest absolute Gasteiger partial charge is 0.303 e. The number of rotatable bonds is 0. The van der Waals surface area contributed by atoms with Gasteiger partial charge in [-0.1, -0.05) is 0 Å². The predicted molar refractivity (Wildman–Crippen MR) is 34.6 cm³/mol. The number of hydrogen-bond acceptors (Lipinski definition) is 3. The van der Waals surface area contributed by atoms with Gasteiger partial charge in [0.15, 0.2) is 0 Å². The number of hydrogen-bond donors (Lipinski definition) is 0. The average molecular weight is 150 g/mol. The van der Waals surface area contributed by atoms with Gasteiger partial charge in [-0.2, -0.15) is 0 Å². The van der Waals surface area contributed by atoms with E-state index in [9.17, 15) is 4.57 Å². The molecule has 4 heteroatoms. The fraction of sp³-hybridized carbons (Fsp3) is 1.00. The van der Waals surface area contributed by atoms with Crippen LogP contribution in [0.4, 0.5) is 0 Å². The molecule has 0 aliphatic carbocycles. The molecule has 0 spiro atoms. The Bertz CT molecular complexity index is 142. The Labute approximate surface area is 54.9 Å². The molecule has 0 aromatic rings. The van der Waals surface area contributed by atoms with Gasteiger partial charge in [0.05, 0.1) is 12.2 Å². The predicted octanol–water partition coefficient (Wildman–Crippen LogP) is 1.63. The first kappa shape index (κ1) is 7.26. The van der Waals surface area contributed by atoms with Crippen LogP contribution in [0.25, 0.3) is 0 Å². The molecule has 0 amide bonds. The zero-order valence-electron chi connectivity index (χ0n) is 5.83. The molecule has 0 N–H and O–H groups in total. The second kappa shape index (κ2) is 2.08. The highest BCUT2D eigenvalue weighted by atomic mass is 31.2. The summed E-state index contributed by atoms with van der Waals surface area (Å²) in [7, 11) is -2.66. The highest BCUT2D eigenvalue weighted by molar-refractivity contribution is 7.53. The average Bonchev–Trinajstić information content (AvgIpc) is 1.79. The lowest BCUT2D eigenvalue weighted by Gasteiger charge is -2.00. The molecule has 0 aromatic carbocycles. The fourth-order valence-corrected chi connectivity index (χ4v) is 2.40. The van der Waals surface area contributed by atoms with Crippen molar-refractivity contribution in [3.8, 4) is 0 Å².